The van der Waals surface area contributed by atoms with Gasteiger partial charge in [-0.3, -0.25) is 4.55 Å². The highest BCUT2D eigenvalue weighted by Crippen LogP contribution is 2.22. The van der Waals surface area contributed by atoms with Gasteiger partial charge in [-0.15, -0.1) is 0 Å². The summed E-state index contributed by atoms with van der Waals surface area (Å²) >= 11 is 0. The molecule has 0 aliphatic rings. The number of hydrogen-bond acceptors (Lipinski definition) is 5. The van der Waals surface area contributed by atoms with E-state index in [-0.39, 0.29) is 18.0 Å². The average molecular weight is 444 g/mol. The second-order valence-electron chi connectivity index (χ2n) is 7.05. The van der Waals surface area contributed by atoms with E-state index in [1.807, 2.05) is 26.0 Å². The predicted octanol–water partition coefficient (Wildman–Crippen LogP) is 2.74. The molecule has 2 aromatic rings. The first kappa shape index (κ1) is 25.3. The standard InChI is InChI=1S/C11H17NO3S.C9H12O3S/c1-8-6-9(2)11(10(3)7-8)16(14,15)12-4-5-13;1-6-4-7(2)9(8(3)5-6)13(10,11)12/h6-7,12-13H,4-5H2,1-3H3;4-5H,1-3H3,(H,10,11,12). The molecule has 0 saturated heterocycles. The molecular weight excluding hydrogens is 414 g/mol. The van der Waals surface area contributed by atoms with Gasteiger partial charge in [-0.05, 0) is 63.8 Å². The summed E-state index contributed by atoms with van der Waals surface area (Å²) in [5.74, 6) is 0. The topological polar surface area (TPSA) is 121 Å². The lowest BCUT2D eigenvalue weighted by molar-refractivity contribution is 0.301. The van der Waals surface area contributed by atoms with E-state index >= 15 is 0 Å². The molecule has 0 aliphatic carbocycles. The molecule has 2 aromatic carbocycles. The van der Waals surface area contributed by atoms with Crippen LogP contribution in [0.4, 0.5) is 0 Å². The molecule has 0 aromatic heterocycles. The van der Waals surface area contributed by atoms with Crippen LogP contribution in [0.3, 0.4) is 0 Å². The Labute approximate surface area is 173 Å². The Morgan fingerprint density at radius 3 is 1.38 bits per heavy atom. The van der Waals surface area contributed by atoms with Gasteiger partial charge in [-0.2, -0.15) is 8.42 Å². The highest BCUT2D eigenvalue weighted by molar-refractivity contribution is 7.89. The molecule has 9 heteroatoms. The van der Waals surface area contributed by atoms with Gasteiger partial charge in [0.15, 0.2) is 0 Å². The van der Waals surface area contributed by atoms with Gasteiger partial charge in [0.25, 0.3) is 10.1 Å². The van der Waals surface area contributed by atoms with Gasteiger partial charge in [-0.1, -0.05) is 35.4 Å². The van der Waals surface area contributed by atoms with Crippen molar-refractivity contribution in [2.75, 3.05) is 13.2 Å². The van der Waals surface area contributed by atoms with E-state index in [4.69, 9.17) is 9.66 Å². The predicted molar refractivity (Wildman–Crippen MR) is 113 cm³/mol. The van der Waals surface area contributed by atoms with E-state index in [9.17, 15) is 16.8 Å². The molecule has 0 heterocycles. The highest BCUT2D eigenvalue weighted by Gasteiger charge is 2.19. The van der Waals surface area contributed by atoms with Gasteiger partial charge in [0.1, 0.15) is 0 Å². The van der Waals surface area contributed by atoms with Crippen molar-refractivity contribution in [2.45, 2.75) is 51.3 Å². The maximum absolute atomic E-state index is 11.9. The van der Waals surface area contributed by atoms with Crippen molar-refractivity contribution in [3.63, 3.8) is 0 Å². The van der Waals surface area contributed by atoms with Crippen LogP contribution in [0.2, 0.25) is 0 Å². The van der Waals surface area contributed by atoms with E-state index in [2.05, 4.69) is 4.72 Å². The Bertz CT molecular complexity index is 1040. The highest BCUT2D eigenvalue weighted by atomic mass is 32.2. The lowest BCUT2D eigenvalue weighted by Gasteiger charge is -2.12. The average Bonchev–Trinajstić information content (AvgIpc) is 2.49. The van der Waals surface area contributed by atoms with Crippen molar-refractivity contribution in [1.29, 1.82) is 0 Å². The summed E-state index contributed by atoms with van der Waals surface area (Å²) in [6, 6.07) is 7.13. The number of hydrogen-bond donors (Lipinski definition) is 3. The fourth-order valence-electron chi connectivity index (χ4n) is 3.42. The Hall–Kier alpha value is -1.78. The fraction of sp³-hybridized carbons (Fsp3) is 0.400. The zero-order valence-electron chi connectivity index (χ0n) is 17.6. The molecular formula is C20H29NO6S2. The molecule has 7 nitrogen and oxygen atoms in total. The van der Waals surface area contributed by atoms with Gasteiger partial charge in [0.2, 0.25) is 10.0 Å². The minimum atomic E-state index is -4.08. The molecule has 0 radical (unpaired) electrons. The Morgan fingerprint density at radius 2 is 1.07 bits per heavy atom. The van der Waals surface area contributed by atoms with Crippen molar-refractivity contribution >= 4 is 20.1 Å². The first-order chi connectivity index (χ1) is 13.2. The quantitative estimate of drug-likeness (QED) is 0.611. The summed E-state index contributed by atoms with van der Waals surface area (Å²) in [5.41, 5.74) is 4.64. The molecule has 0 bridgehead atoms. The van der Waals surface area contributed by atoms with Crippen molar-refractivity contribution in [2.24, 2.45) is 0 Å². The number of aryl methyl sites for hydroxylation is 6. The Balaban J connectivity index is 0.000000296. The van der Waals surface area contributed by atoms with Crippen LogP contribution in [0.5, 0.6) is 0 Å². The van der Waals surface area contributed by atoms with Crippen LogP contribution in [0.1, 0.15) is 33.4 Å². The summed E-state index contributed by atoms with van der Waals surface area (Å²) in [6.45, 7) is 10.5. The zero-order valence-corrected chi connectivity index (χ0v) is 19.2. The molecule has 0 spiro atoms. The van der Waals surface area contributed by atoms with Crippen LogP contribution in [0.25, 0.3) is 0 Å². The van der Waals surface area contributed by atoms with Gasteiger partial charge < -0.3 is 5.11 Å². The van der Waals surface area contributed by atoms with Crippen LogP contribution in [-0.2, 0) is 20.1 Å². The van der Waals surface area contributed by atoms with E-state index in [1.54, 1.807) is 39.8 Å². The molecule has 162 valence electrons. The molecule has 2 rings (SSSR count). The lowest BCUT2D eigenvalue weighted by atomic mass is 10.1. The van der Waals surface area contributed by atoms with Crippen molar-refractivity contribution in [3.05, 3.63) is 57.6 Å². The van der Waals surface area contributed by atoms with E-state index in [0.29, 0.717) is 16.0 Å². The van der Waals surface area contributed by atoms with E-state index < -0.39 is 20.1 Å². The van der Waals surface area contributed by atoms with E-state index in [0.717, 1.165) is 22.3 Å². The summed E-state index contributed by atoms with van der Waals surface area (Å²) in [7, 11) is -7.59. The molecule has 0 amide bonds. The molecule has 29 heavy (non-hydrogen) atoms. The second kappa shape index (κ2) is 9.82. The minimum Gasteiger partial charge on any atom is -0.395 e. The van der Waals surface area contributed by atoms with Crippen molar-refractivity contribution < 1.29 is 26.5 Å². The Morgan fingerprint density at radius 1 is 0.724 bits per heavy atom. The third kappa shape index (κ3) is 6.90. The van der Waals surface area contributed by atoms with E-state index in [1.165, 1.54) is 0 Å². The van der Waals surface area contributed by atoms with Crippen molar-refractivity contribution in [1.82, 2.24) is 4.72 Å². The number of sulfonamides is 1. The van der Waals surface area contributed by atoms with Crippen LogP contribution >= 0.6 is 0 Å². The molecule has 0 unspecified atom stereocenters. The normalized spacial score (nSPS) is 11.7. The molecule has 0 fully saturated rings. The number of nitrogens with one attached hydrogen (secondary N) is 1. The third-order valence-electron chi connectivity index (χ3n) is 4.14. The fourth-order valence-corrected chi connectivity index (χ4v) is 5.82. The van der Waals surface area contributed by atoms with Crippen LogP contribution < -0.4 is 4.72 Å². The molecule has 0 saturated carbocycles. The zero-order chi connectivity index (χ0) is 22.6. The minimum absolute atomic E-state index is 0.0260. The van der Waals surface area contributed by atoms with Crippen LogP contribution in [0, 0.1) is 41.5 Å². The maximum Gasteiger partial charge on any atom is 0.295 e. The number of aliphatic hydroxyl groups excluding tert-OH is 1. The summed E-state index contributed by atoms with van der Waals surface area (Å²) < 4.78 is 57.0. The number of rotatable bonds is 5. The summed E-state index contributed by atoms with van der Waals surface area (Å²) in [6.07, 6.45) is 0. The Kier molecular flexibility index (Phi) is 8.55. The van der Waals surface area contributed by atoms with Gasteiger partial charge in [-0.25, -0.2) is 13.1 Å². The third-order valence-corrected chi connectivity index (χ3v) is 7.07. The van der Waals surface area contributed by atoms with Crippen molar-refractivity contribution in [3.8, 4) is 0 Å². The lowest BCUT2D eigenvalue weighted by Crippen LogP contribution is -2.28. The first-order valence-corrected chi connectivity index (χ1v) is 11.9. The molecule has 0 aliphatic heterocycles. The first-order valence-electron chi connectivity index (χ1n) is 8.94. The van der Waals surface area contributed by atoms with Gasteiger partial charge in [0, 0.05) is 6.54 Å². The van der Waals surface area contributed by atoms with Gasteiger partial charge in [0.05, 0.1) is 16.4 Å². The van der Waals surface area contributed by atoms with Crippen LogP contribution in [0.15, 0.2) is 34.1 Å². The van der Waals surface area contributed by atoms with Crippen LogP contribution in [-0.4, -0.2) is 39.6 Å². The SMILES string of the molecule is Cc1cc(C)c(S(=O)(=O)NCCO)c(C)c1.Cc1cc(C)c(S(=O)(=O)O)c(C)c1. The monoisotopic (exact) mass is 443 g/mol. The number of benzene rings is 2. The summed E-state index contributed by atoms with van der Waals surface area (Å²) in [5, 5.41) is 8.63. The molecule has 3 N–H and O–H groups in total. The second-order valence-corrected chi connectivity index (χ2v) is 10.1. The largest absolute Gasteiger partial charge is 0.395 e. The van der Waals surface area contributed by atoms with Gasteiger partial charge >= 0.3 is 0 Å². The maximum atomic E-state index is 11.9. The molecule has 0 atom stereocenters. The number of aliphatic hydroxyl groups is 1. The smallest absolute Gasteiger partial charge is 0.295 e. The summed E-state index contributed by atoms with van der Waals surface area (Å²) in [4.78, 5) is 0.338.